The number of carbonyl (C=O) groups is 1. The van der Waals surface area contributed by atoms with Crippen molar-refractivity contribution in [2.45, 2.75) is 91.1 Å². The molecule has 0 saturated heterocycles. The predicted octanol–water partition coefficient (Wildman–Crippen LogP) is 4.99. The topological polar surface area (TPSA) is 37.3 Å². The number of Topliss-reactive ketones (excluding diaryl/α,β-unsaturated/α-hetero) is 1. The van der Waals surface area contributed by atoms with Gasteiger partial charge in [-0.25, -0.2) is 0 Å². The Morgan fingerprint density at radius 1 is 0.875 bits per heavy atom. The highest BCUT2D eigenvalue weighted by molar-refractivity contribution is 5.79. The van der Waals surface area contributed by atoms with Gasteiger partial charge in [-0.2, -0.15) is 0 Å². The van der Waals surface area contributed by atoms with Crippen molar-refractivity contribution in [2.24, 2.45) is 40.4 Å². The fourth-order valence-corrected chi connectivity index (χ4v) is 8.10. The molecule has 0 aromatic rings. The van der Waals surface area contributed by atoms with Crippen LogP contribution in [-0.2, 0) is 4.79 Å². The first-order chi connectivity index (χ1) is 11.2. The highest BCUT2D eigenvalue weighted by Gasteiger charge is 2.61. The summed E-state index contributed by atoms with van der Waals surface area (Å²) in [7, 11) is 0. The van der Waals surface area contributed by atoms with E-state index in [1.165, 1.54) is 38.5 Å². The quantitative estimate of drug-likeness (QED) is 0.735. The van der Waals surface area contributed by atoms with Crippen LogP contribution in [0.4, 0.5) is 0 Å². The first kappa shape index (κ1) is 17.1. The molecular formula is C22H36O2. The molecule has 0 radical (unpaired) electrons. The molecule has 8 atom stereocenters. The van der Waals surface area contributed by atoms with Gasteiger partial charge in [0, 0.05) is 5.92 Å². The zero-order valence-electron chi connectivity index (χ0n) is 16.1. The fraction of sp³-hybridized carbons (Fsp3) is 0.955. The maximum atomic E-state index is 12.2. The van der Waals surface area contributed by atoms with Gasteiger partial charge in [0.15, 0.2) is 0 Å². The van der Waals surface area contributed by atoms with E-state index in [9.17, 15) is 9.90 Å². The number of hydrogen-bond donors (Lipinski definition) is 1. The third-order valence-corrected chi connectivity index (χ3v) is 9.44. The third-order valence-electron chi connectivity index (χ3n) is 9.44. The molecule has 0 bridgehead atoms. The van der Waals surface area contributed by atoms with Crippen LogP contribution in [0.1, 0.15) is 85.5 Å². The van der Waals surface area contributed by atoms with Gasteiger partial charge < -0.3 is 5.11 Å². The summed E-state index contributed by atoms with van der Waals surface area (Å²) in [6.45, 7) is 8.85. The highest BCUT2D eigenvalue weighted by Crippen LogP contribution is 2.68. The molecule has 0 spiro atoms. The van der Waals surface area contributed by atoms with E-state index in [0.717, 1.165) is 37.0 Å². The van der Waals surface area contributed by atoms with Gasteiger partial charge in [-0.3, -0.25) is 4.79 Å². The predicted molar refractivity (Wildman–Crippen MR) is 96.5 cm³/mol. The standard InChI is InChI=1S/C22H36O2/c1-14(23)17-7-8-18-16-6-5-15-13-20(2,24)11-12-21(15,3)19(16)9-10-22(17,18)4/h15-19,24H,5-13H2,1-4H3/t15?,16-,17+,18-,19?,20+,21-,22+/m0/s1. The molecule has 0 heterocycles. The second-order valence-corrected chi connectivity index (χ2v) is 10.6. The van der Waals surface area contributed by atoms with Gasteiger partial charge in [-0.05, 0) is 106 Å². The van der Waals surface area contributed by atoms with Crippen molar-refractivity contribution in [3.8, 4) is 0 Å². The van der Waals surface area contributed by atoms with Crippen LogP contribution in [0.15, 0.2) is 0 Å². The molecule has 0 aromatic heterocycles. The molecule has 1 N–H and O–H groups in total. The van der Waals surface area contributed by atoms with E-state index in [1.807, 2.05) is 13.8 Å². The number of fused-ring (bicyclic) bond motifs is 5. The van der Waals surface area contributed by atoms with Crippen molar-refractivity contribution in [3.05, 3.63) is 0 Å². The Bertz CT molecular complexity index is 538. The Morgan fingerprint density at radius 3 is 2.29 bits per heavy atom. The van der Waals surface area contributed by atoms with E-state index in [1.54, 1.807) is 0 Å². The van der Waals surface area contributed by atoms with Crippen LogP contribution in [-0.4, -0.2) is 16.5 Å². The Labute approximate surface area is 147 Å². The molecule has 2 nitrogen and oxygen atoms in total. The maximum absolute atomic E-state index is 12.2. The van der Waals surface area contributed by atoms with E-state index in [4.69, 9.17) is 0 Å². The van der Waals surface area contributed by atoms with Gasteiger partial charge in [-0.1, -0.05) is 13.8 Å². The van der Waals surface area contributed by atoms with Crippen LogP contribution in [0, 0.1) is 40.4 Å². The Balaban J connectivity index is 1.61. The first-order valence-corrected chi connectivity index (χ1v) is 10.4. The molecule has 24 heavy (non-hydrogen) atoms. The molecule has 4 fully saturated rings. The van der Waals surface area contributed by atoms with E-state index in [2.05, 4.69) is 13.8 Å². The lowest BCUT2D eigenvalue weighted by atomic mass is 9.44. The average molecular weight is 333 g/mol. The van der Waals surface area contributed by atoms with Crippen LogP contribution >= 0.6 is 0 Å². The van der Waals surface area contributed by atoms with Crippen molar-refractivity contribution in [2.75, 3.05) is 0 Å². The minimum absolute atomic E-state index is 0.274. The molecule has 0 aliphatic heterocycles. The van der Waals surface area contributed by atoms with Crippen LogP contribution in [0.2, 0.25) is 0 Å². The molecule has 4 rings (SSSR count). The zero-order valence-corrected chi connectivity index (χ0v) is 16.1. The van der Waals surface area contributed by atoms with Crippen LogP contribution < -0.4 is 0 Å². The molecule has 0 amide bonds. The Morgan fingerprint density at radius 2 is 1.58 bits per heavy atom. The van der Waals surface area contributed by atoms with Crippen LogP contribution in [0.5, 0.6) is 0 Å². The van der Waals surface area contributed by atoms with E-state index in [0.29, 0.717) is 23.0 Å². The summed E-state index contributed by atoms with van der Waals surface area (Å²) in [5, 5.41) is 10.6. The average Bonchev–Trinajstić information content (AvgIpc) is 2.85. The summed E-state index contributed by atoms with van der Waals surface area (Å²) >= 11 is 0. The van der Waals surface area contributed by atoms with E-state index >= 15 is 0 Å². The lowest BCUT2D eigenvalue weighted by Gasteiger charge is -2.61. The normalized spacial score (nSPS) is 57.0. The lowest BCUT2D eigenvalue weighted by Crippen LogP contribution is -2.55. The number of hydrogen-bond acceptors (Lipinski definition) is 2. The molecule has 136 valence electrons. The largest absolute Gasteiger partial charge is 0.390 e. The molecule has 0 aromatic carbocycles. The van der Waals surface area contributed by atoms with Crippen molar-refractivity contribution >= 4 is 5.78 Å². The van der Waals surface area contributed by atoms with Gasteiger partial charge in [0.25, 0.3) is 0 Å². The summed E-state index contributed by atoms with van der Waals surface area (Å²) in [6, 6.07) is 0. The molecule has 4 saturated carbocycles. The summed E-state index contributed by atoms with van der Waals surface area (Å²) in [4.78, 5) is 12.2. The van der Waals surface area contributed by atoms with Crippen LogP contribution in [0.3, 0.4) is 0 Å². The minimum Gasteiger partial charge on any atom is -0.390 e. The van der Waals surface area contributed by atoms with Crippen molar-refractivity contribution in [1.82, 2.24) is 0 Å². The molecule has 4 aliphatic rings. The summed E-state index contributed by atoms with van der Waals surface area (Å²) in [5.74, 6) is 3.89. The summed E-state index contributed by atoms with van der Waals surface area (Å²) in [6.07, 6.45) is 10.8. The highest BCUT2D eigenvalue weighted by atomic mass is 16.3. The van der Waals surface area contributed by atoms with Crippen molar-refractivity contribution < 1.29 is 9.90 Å². The van der Waals surface area contributed by atoms with E-state index < -0.39 is 5.60 Å². The molecule has 2 heteroatoms. The molecule has 4 aliphatic carbocycles. The number of rotatable bonds is 1. The van der Waals surface area contributed by atoms with E-state index in [-0.39, 0.29) is 5.41 Å². The van der Waals surface area contributed by atoms with Crippen molar-refractivity contribution in [3.63, 3.8) is 0 Å². The number of aliphatic hydroxyl groups is 1. The summed E-state index contributed by atoms with van der Waals surface area (Å²) < 4.78 is 0. The van der Waals surface area contributed by atoms with Gasteiger partial charge in [0.2, 0.25) is 0 Å². The maximum Gasteiger partial charge on any atom is 0.133 e. The van der Waals surface area contributed by atoms with Crippen molar-refractivity contribution in [1.29, 1.82) is 0 Å². The SMILES string of the molecule is CC(=O)[C@H]1CC[C@H]2[C@@H]3CCC4C[C@](C)(O)CC[C@]4(C)C3CC[C@]12C. The number of carbonyl (C=O) groups excluding carboxylic acids is 1. The second-order valence-electron chi connectivity index (χ2n) is 10.6. The van der Waals surface area contributed by atoms with Gasteiger partial charge >= 0.3 is 0 Å². The second kappa shape index (κ2) is 5.32. The molecule has 2 unspecified atom stereocenters. The smallest absolute Gasteiger partial charge is 0.133 e. The Kier molecular flexibility index (Phi) is 3.78. The zero-order chi connectivity index (χ0) is 17.3. The third kappa shape index (κ3) is 2.27. The fourth-order valence-electron chi connectivity index (χ4n) is 8.10. The molecular weight excluding hydrogens is 296 g/mol. The minimum atomic E-state index is -0.437. The van der Waals surface area contributed by atoms with Gasteiger partial charge in [0.05, 0.1) is 5.60 Å². The number of ketones is 1. The van der Waals surface area contributed by atoms with Gasteiger partial charge in [-0.15, -0.1) is 0 Å². The lowest BCUT2D eigenvalue weighted by molar-refractivity contribution is -0.150. The first-order valence-electron chi connectivity index (χ1n) is 10.4. The monoisotopic (exact) mass is 332 g/mol. The Hall–Kier alpha value is -0.370. The van der Waals surface area contributed by atoms with Crippen LogP contribution in [0.25, 0.3) is 0 Å². The summed E-state index contributed by atoms with van der Waals surface area (Å²) in [5.41, 5.74) is 0.268. The van der Waals surface area contributed by atoms with Gasteiger partial charge in [0.1, 0.15) is 5.78 Å².